The zero-order chi connectivity index (χ0) is 14.2. The van der Waals surface area contributed by atoms with Crippen LogP contribution in [-0.2, 0) is 4.79 Å². The van der Waals surface area contributed by atoms with Crippen LogP contribution in [0.25, 0.3) is 6.08 Å². The molecule has 0 spiro atoms. The molecule has 0 saturated carbocycles. The topological polar surface area (TPSA) is 44.4 Å². The number of carbonyl (C=O) groups excluding carboxylic acids is 1. The first kappa shape index (κ1) is 14.6. The van der Waals surface area contributed by atoms with Crippen LogP contribution in [0.2, 0.25) is 0 Å². The average Bonchev–Trinajstić information content (AvgIpc) is 2.48. The third kappa shape index (κ3) is 4.70. The van der Waals surface area contributed by atoms with Crippen molar-refractivity contribution < 1.29 is 4.79 Å². The van der Waals surface area contributed by atoms with Crippen LogP contribution < -0.4 is 15.5 Å². The average molecular weight is 273 g/mol. The van der Waals surface area contributed by atoms with E-state index in [2.05, 4.69) is 52.0 Å². The first-order chi connectivity index (χ1) is 9.75. The number of carbonyl (C=O) groups is 1. The SMILES string of the molecule is CC(=O)NCCC=Cc1ccc(N2CCNCC2)cc1. The summed E-state index contributed by atoms with van der Waals surface area (Å²) in [6.07, 6.45) is 5.05. The van der Waals surface area contributed by atoms with Crippen molar-refractivity contribution in [1.82, 2.24) is 10.6 Å². The molecular weight excluding hydrogens is 250 g/mol. The van der Waals surface area contributed by atoms with Gasteiger partial charge in [0.05, 0.1) is 0 Å². The maximum absolute atomic E-state index is 10.7. The van der Waals surface area contributed by atoms with Gasteiger partial charge in [-0.25, -0.2) is 0 Å². The summed E-state index contributed by atoms with van der Waals surface area (Å²) in [4.78, 5) is 13.1. The summed E-state index contributed by atoms with van der Waals surface area (Å²) in [5.41, 5.74) is 2.49. The van der Waals surface area contributed by atoms with Crippen LogP contribution in [0.4, 0.5) is 5.69 Å². The van der Waals surface area contributed by atoms with Crippen LogP contribution in [-0.4, -0.2) is 38.6 Å². The summed E-state index contributed by atoms with van der Waals surface area (Å²) >= 11 is 0. The molecule has 2 N–H and O–H groups in total. The normalized spacial score (nSPS) is 15.6. The van der Waals surface area contributed by atoms with Crippen LogP contribution in [0.1, 0.15) is 18.9 Å². The third-order valence-corrected chi connectivity index (χ3v) is 3.37. The summed E-state index contributed by atoms with van der Waals surface area (Å²) in [6, 6.07) is 8.65. The molecule has 4 nitrogen and oxygen atoms in total. The predicted octanol–water partition coefficient (Wildman–Crippen LogP) is 1.64. The molecule has 1 amide bonds. The Bertz CT molecular complexity index is 447. The van der Waals surface area contributed by atoms with Gasteiger partial charge < -0.3 is 15.5 Å². The number of hydrogen-bond acceptors (Lipinski definition) is 3. The van der Waals surface area contributed by atoms with Crippen molar-refractivity contribution in [1.29, 1.82) is 0 Å². The number of rotatable bonds is 5. The molecule has 0 unspecified atom stereocenters. The Morgan fingerprint density at radius 3 is 2.65 bits per heavy atom. The molecule has 0 radical (unpaired) electrons. The molecule has 1 heterocycles. The van der Waals surface area contributed by atoms with E-state index < -0.39 is 0 Å². The highest BCUT2D eigenvalue weighted by atomic mass is 16.1. The maximum atomic E-state index is 10.7. The molecule has 1 aromatic rings. The molecule has 1 fully saturated rings. The number of piperazine rings is 1. The molecule has 4 heteroatoms. The van der Waals surface area contributed by atoms with Gasteiger partial charge in [0.15, 0.2) is 0 Å². The van der Waals surface area contributed by atoms with Crippen molar-refractivity contribution in [2.75, 3.05) is 37.6 Å². The number of hydrogen-bond donors (Lipinski definition) is 2. The minimum atomic E-state index is 0.0266. The number of nitrogens with zero attached hydrogens (tertiary/aromatic N) is 1. The van der Waals surface area contributed by atoms with Gasteiger partial charge >= 0.3 is 0 Å². The van der Waals surface area contributed by atoms with Gasteiger partial charge in [-0.2, -0.15) is 0 Å². The molecule has 108 valence electrons. The van der Waals surface area contributed by atoms with E-state index in [-0.39, 0.29) is 5.91 Å². The first-order valence-electron chi connectivity index (χ1n) is 7.22. The molecule has 1 saturated heterocycles. The van der Waals surface area contributed by atoms with Crippen LogP contribution in [0.5, 0.6) is 0 Å². The van der Waals surface area contributed by atoms with Crippen molar-refractivity contribution in [3.8, 4) is 0 Å². The minimum Gasteiger partial charge on any atom is -0.369 e. The predicted molar refractivity (Wildman–Crippen MR) is 83.9 cm³/mol. The fourth-order valence-corrected chi connectivity index (χ4v) is 2.27. The highest BCUT2D eigenvalue weighted by molar-refractivity contribution is 5.72. The summed E-state index contributed by atoms with van der Waals surface area (Å²) in [7, 11) is 0. The van der Waals surface area contributed by atoms with Crippen molar-refractivity contribution >= 4 is 17.7 Å². The summed E-state index contributed by atoms with van der Waals surface area (Å²) in [6.45, 7) is 6.51. The highest BCUT2D eigenvalue weighted by Gasteiger charge is 2.09. The van der Waals surface area contributed by atoms with E-state index in [9.17, 15) is 4.79 Å². The van der Waals surface area contributed by atoms with E-state index >= 15 is 0 Å². The van der Waals surface area contributed by atoms with Gasteiger partial charge in [-0.3, -0.25) is 4.79 Å². The highest BCUT2D eigenvalue weighted by Crippen LogP contribution is 2.16. The summed E-state index contributed by atoms with van der Waals surface area (Å²) in [5, 5.41) is 6.14. The lowest BCUT2D eigenvalue weighted by Gasteiger charge is -2.29. The van der Waals surface area contributed by atoms with E-state index in [0.29, 0.717) is 6.54 Å². The molecule has 0 aliphatic carbocycles. The number of amides is 1. The molecule has 1 aromatic carbocycles. The van der Waals surface area contributed by atoms with Gasteiger partial charge in [0.2, 0.25) is 5.91 Å². The molecule has 1 aliphatic heterocycles. The Kier molecular flexibility index (Phi) is 5.62. The quantitative estimate of drug-likeness (QED) is 0.802. The molecule has 0 bridgehead atoms. The molecule has 2 rings (SSSR count). The lowest BCUT2D eigenvalue weighted by Crippen LogP contribution is -2.43. The molecule has 1 aliphatic rings. The maximum Gasteiger partial charge on any atom is 0.216 e. The standard InChI is InChI=1S/C16H23N3O/c1-14(20)18-9-3-2-4-15-5-7-16(8-6-15)19-12-10-17-11-13-19/h2,4-8,17H,3,9-13H2,1H3,(H,18,20). The Hall–Kier alpha value is -1.81. The van der Waals surface area contributed by atoms with E-state index in [1.807, 2.05) is 0 Å². The minimum absolute atomic E-state index is 0.0266. The zero-order valence-electron chi connectivity index (χ0n) is 12.1. The Labute approximate surface area is 120 Å². The van der Waals surface area contributed by atoms with Gasteiger partial charge in [0, 0.05) is 45.3 Å². The van der Waals surface area contributed by atoms with Crippen LogP contribution >= 0.6 is 0 Å². The molecule has 20 heavy (non-hydrogen) atoms. The smallest absolute Gasteiger partial charge is 0.216 e. The lowest BCUT2D eigenvalue weighted by molar-refractivity contribution is -0.118. The second kappa shape index (κ2) is 7.70. The number of nitrogens with one attached hydrogen (secondary N) is 2. The molecule has 0 aromatic heterocycles. The summed E-state index contributed by atoms with van der Waals surface area (Å²) in [5.74, 6) is 0.0266. The second-order valence-electron chi connectivity index (χ2n) is 5.00. The van der Waals surface area contributed by atoms with Gasteiger partial charge in [0.1, 0.15) is 0 Å². The fourth-order valence-electron chi connectivity index (χ4n) is 2.27. The van der Waals surface area contributed by atoms with Crippen LogP contribution in [0.15, 0.2) is 30.3 Å². The number of benzene rings is 1. The third-order valence-electron chi connectivity index (χ3n) is 3.37. The zero-order valence-corrected chi connectivity index (χ0v) is 12.1. The van der Waals surface area contributed by atoms with E-state index in [0.717, 1.165) is 32.6 Å². The molecule has 0 atom stereocenters. The van der Waals surface area contributed by atoms with Gasteiger partial charge in [-0.1, -0.05) is 24.3 Å². The largest absolute Gasteiger partial charge is 0.369 e. The van der Waals surface area contributed by atoms with Crippen molar-refractivity contribution in [3.05, 3.63) is 35.9 Å². The Morgan fingerprint density at radius 1 is 1.30 bits per heavy atom. The Morgan fingerprint density at radius 2 is 2.00 bits per heavy atom. The lowest BCUT2D eigenvalue weighted by atomic mass is 10.1. The van der Waals surface area contributed by atoms with Crippen molar-refractivity contribution in [2.45, 2.75) is 13.3 Å². The van der Waals surface area contributed by atoms with E-state index in [1.165, 1.54) is 11.3 Å². The van der Waals surface area contributed by atoms with Crippen molar-refractivity contribution in [2.24, 2.45) is 0 Å². The fraction of sp³-hybridized carbons (Fsp3) is 0.438. The monoisotopic (exact) mass is 273 g/mol. The first-order valence-corrected chi connectivity index (χ1v) is 7.22. The number of anilines is 1. The van der Waals surface area contributed by atoms with Crippen molar-refractivity contribution in [3.63, 3.8) is 0 Å². The van der Waals surface area contributed by atoms with Gasteiger partial charge in [-0.05, 0) is 24.1 Å². The Balaban J connectivity index is 1.81. The van der Waals surface area contributed by atoms with E-state index in [4.69, 9.17) is 0 Å². The second-order valence-corrected chi connectivity index (χ2v) is 5.00. The summed E-state index contributed by atoms with van der Waals surface area (Å²) < 4.78 is 0. The van der Waals surface area contributed by atoms with Gasteiger partial charge in [-0.15, -0.1) is 0 Å². The molecular formula is C16H23N3O. The van der Waals surface area contributed by atoms with Crippen LogP contribution in [0, 0.1) is 0 Å². The van der Waals surface area contributed by atoms with Gasteiger partial charge in [0.25, 0.3) is 0 Å². The van der Waals surface area contributed by atoms with Crippen LogP contribution in [0.3, 0.4) is 0 Å². The van der Waals surface area contributed by atoms with E-state index in [1.54, 1.807) is 6.92 Å².